The van der Waals surface area contributed by atoms with E-state index in [0.717, 1.165) is 23.3 Å². The molecule has 5 nitrogen and oxygen atoms in total. The highest BCUT2D eigenvalue weighted by atomic mass is 16.5. The number of benzene rings is 2. The minimum absolute atomic E-state index is 0.00381. The zero-order chi connectivity index (χ0) is 18.2. The molecule has 0 spiro atoms. The number of carbonyl (C=O) groups is 2. The van der Waals surface area contributed by atoms with Gasteiger partial charge in [0, 0.05) is 26.2 Å². The first kappa shape index (κ1) is 18.5. The maximum absolute atomic E-state index is 12.3. The monoisotopic (exact) mass is 340 g/mol. The summed E-state index contributed by atoms with van der Waals surface area (Å²) in [5, 5.41) is 2.58. The zero-order valence-corrected chi connectivity index (χ0v) is 14.9. The molecule has 2 rings (SSSR count). The minimum atomic E-state index is -0.126. The van der Waals surface area contributed by atoms with E-state index < -0.39 is 0 Å². The van der Waals surface area contributed by atoms with Crippen molar-refractivity contribution in [1.29, 1.82) is 0 Å². The lowest BCUT2D eigenvalue weighted by molar-refractivity contribution is -0.132. The van der Waals surface area contributed by atoms with Crippen molar-refractivity contribution >= 4 is 11.8 Å². The van der Waals surface area contributed by atoms with Crippen molar-refractivity contribution < 1.29 is 14.3 Å². The van der Waals surface area contributed by atoms with Gasteiger partial charge in [0.05, 0.1) is 0 Å². The fraction of sp³-hybridized carbons (Fsp3) is 0.300. The summed E-state index contributed by atoms with van der Waals surface area (Å²) in [4.78, 5) is 25.4. The lowest BCUT2D eigenvalue weighted by Crippen LogP contribution is -2.31. The third kappa shape index (κ3) is 5.08. The molecule has 2 aromatic carbocycles. The van der Waals surface area contributed by atoms with Gasteiger partial charge in [-0.1, -0.05) is 37.3 Å². The molecular formula is C20H24N2O3. The van der Waals surface area contributed by atoms with E-state index in [1.807, 2.05) is 36.4 Å². The molecule has 0 bridgehead atoms. The summed E-state index contributed by atoms with van der Waals surface area (Å²) in [5.74, 6) is 0.530. The van der Waals surface area contributed by atoms with E-state index in [1.165, 1.54) is 0 Å². The van der Waals surface area contributed by atoms with Crippen LogP contribution in [0.15, 0.2) is 48.5 Å². The van der Waals surface area contributed by atoms with Crippen LogP contribution in [-0.4, -0.2) is 37.4 Å². The average Bonchev–Trinajstić information content (AvgIpc) is 2.66. The Morgan fingerprint density at radius 3 is 2.40 bits per heavy atom. The highest BCUT2D eigenvalue weighted by molar-refractivity contribution is 5.93. The molecule has 1 N–H and O–H groups in total. The summed E-state index contributed by atoms with van der Waals surface area (Å²) in [7, 11) is 3.34. The van der Waals surface area contributed by atoms with E-state index in [4.69, 9.17) is 4.74 Å². The molecule has 0 aliphatic carbocycles. The lowest BCUT2D eigenvalue weighted by Gasteiger charge is -2.18. The van der Waals surface area contributed by atoms with Crippen LogP contribution < -0.4 is 10.1 Å². The standard InChI is InChI=1S/C20H24N2O3/c1-4-16-7-5-6-8-18(16)25-14-19(23)22(3)13-15-9-11-17(12-10-15)20(24)21-2/h5-12H,4,13-14H2,1-3H3,(H,21,24). The predicted molar refractivity (Wildman–Crippen MR) is 97.6 cm³/mol. The molecule has 0 unspecified atom stereocenters. The van der Waals surface area contributed by atoms with Crippen molar-refractivity contribution in [2.45, 2.75) is 19.9 Å². The Balaban J connectivity index is 1.90. The van der Waals surface area contributed by atoms with Crippen molar-refractivity contribution in [3.05, 3.63) is 65.2 Å². The smallest absolute Gasteiger partial charge is 0.260 e. The molecule has 0 aliphatic rings. The summed E-state index contributed by atoms with van der Waals surface area (Å²) in [5.41, 5.74) is 2.64. The molecule has 25 heavy (non-hydrogen) atoms. The highest BCUT2D eigenvalue weighted by Gasteiger charge is 2.12. The second-order valence-corrected chi connectivity index (χ2v) is 5.78. The average molecular weight is 340 g/mol. The van der Waals surface area contributed by atoms with Crippen LogP contribution in [0.1, 0.15) is 28.4 Å². The van der Waals surface area contributed by atoms with E-state index in [-0.39, 0.29) is 18.4 Å². The van der Waals surface area contributed by atoms with Crippen molar-refractivity contribution in [2.75, 3.05) is 20.7 Å². The number of amides is 2. The number of hydrogen-bond donors (Lipinski definition) is 1. The molecule has 0 fully saturated rings. The summed E-state index contributed by atoms with van der Waals surface area (Å²) in [6.45, 7) is 2.52. The quantitative estimate of drug-likeness (QED) is 0.843. The van der Waals surface area contributed by atoms with Crippen LogP contribution in [0.2, 0.25) is 0 Å². The van der Waals surface area contributed by atoms with Gasteiger partial charge >= 0.3 is 0 Å². The second-order valence-electron chi connectivity index (χ2n) is 5.78. The van der Waals surface area contributed by atoms with Crippen LogP contribution in [0.5, 0.6) is 5.75 Å². The highest BCUT2D eigenvalue weighted by Crippen LogP contribution is 2.18. The molecule has 2 aromatic rings. The summed E-state index contributed by atoms with van der Waals surface area (Å²) in [6, 6.07) is 14.9. The Hall–Kier alpha value is -2.82. The molecule has 0 aromatic heterocycles. The summed E-state index contributed by atoms with van der Waals surface area (Å²) in [6.07, 6.45) is 0.859. The van der Waals surface area contributed by atoms with Gasteiger partial charge < -0.3 is 15.0 Å². The number of hydrogen-bond acceptors (Lipinski definition) is 3. The lowest BCUT2D eigenvalue weighted by atomic mass is 10.1. The topological polar surface area (TPSA) is 58.6 Å². The van der Waals surface area contributed by atoms with Crippen LogP contribution in [0, 0.1) is 0 Å². The summed E-state index contributed by atoms with van der Waals surface area (Å²) < 4.78 is 5.67. The Labute approximate surface area is 148 Å². The molecule has 0 atom stereocenters. The SMILES string of the molecule is CCc1ccccc1OCC(=O)N(C)Cc1ccc(C(=O)NC)cc1. The van der Waals surface area contributed by atoms with Crippen molar-refractivity contribution in [1.82, 2.24) is 10.2 Å². The minimum Gasteiger partial charge on any atom is -0.483 e. The van der Waals surface area contributed by atoms with Crippen LogP contribution in [-0.2, 0) is 17.8 Å². The van der Waals surface area contributed by atoms with Gasteiger partial charge in [0.25, 0.3) is 11.8 Å². The van der Waals surface area contributed by atoms with Gasteiger partial charge in [-0.2, -0.15) is 0 Å². The predicted octanol–water partition coefficient (Wildman–Crippen LogP) is 2.65. The first-order chi connectivity index (χ1) is 12.0. The van der Waals surface area contributed by atoms with Crippen molar-refractivity contribution in [3.63, 3.8) is 0 Å². The van der Waals surface area contributed by atoms with Gasteiger partial charge in [-0.3, -0.25) is 9.59 Å². The van der Waals surface area contributed by atoms with Gasteiger partial charge in [-0.05, 0) is 35.7 Å². The first-order valence-electron chi connectivity index (χ1n) is 8.30. The number of nitrogens with zero attached hydrogens (tertiary/aromatic N) is 1. The molecule has 5 heteroatoms. The largest absolute Gasteiger partial charge is 0.483 e. The Kier molecular flexibility index (Phi) is 6.57. The Morgan fingerprint density at radius 1 is 1.08 bits per heavy atom. The molecule has 132 valence electrons. The second kappa shape index (κ2) is 8.87. The Morgan fingerprint density at radius 2 is 1.76 bits per heavy atom. The molecule has 0 aliphatic heterocycles. The molecule has 2 amide bonds. The number of para-hydroxylation sites is 1. The van der Waals surface area contributed by atoms with E-state index >= 15 is 0 Å². The Bertz CT molecular complexity index is 726. The van der Waals surface area contributed by atoms with E-state index in [9.17, 15) is 9.59 Å². The molecular weight excluding hydrogens is 316 g/mol. The maximum atomic E-state index is 12.3. The third-order valence-electron chi connectivity index (χ3n) is 3.99. The van der Waals surface area contributed by atoms with Crippen molar-refractivity contribution in [2.24, 2.45) is 0 Å². The molecule has 0 radical (unpaired) electrons. The number of ether oxygens (including phenoxy) is 1. The van der Waals surface area contributed by atoms with Gasteiger partial charge in [-0.25, -0.2) is 0 Å². The van der Waals surface area contributed by atoms with Crippen molar-refractivity contribution in [3.8, 4) is 5.75 Å². The molecule has 0 heterocycles. The maximum Gasteiger partial charge on any atom is 0.260 e. The van der Waals surface area contributed by atoms with Gasteiger partial charge in [0.2, 0.25) is 0 Å². The number of aryl methyl sites for hydroxylation is 1. The first-order valence-corrected chi connectivity index (χ1v) is 8.30. The van der Waals surface area contributed by atoms with E-state index in [1.54, 1.807) is 31.1 Å². The van der Waals surface area contributed by atoms with Crippen LogP contribution in [0.3, 0.4) is 0 Å². The van der Waals surface area contributed by atoms with Crippen LogP contribution >= 0.6 is 0 Å². The van der Waals surface area contributed by atoms with E-state index in [0.29, 0.717) is 12.1 Å². The third-order valence-corrected chi connectivity index (χ3v) is 3.99. The number of rotatable bonds is 7. The zero-order valence-electron chi connectivity index (χ0n) is 14.9. The number of nitrogens with one attached hydrogen (secondary N) is 1. The molecule has 0 saturated heterocycles. The van der Waals surface area contributed by atoms with Crippen LogP contribution in [0.4, 0.5) is 0 Å². The number of carbonyl (C=O) groups excluding carboxylic acids is 2. The van der Waals surface area contributed by atoms with Crippen LogP contribution in [0.25, 0.3) is 0 Å². The fourth-order valence-electron chi connectivity index (χ4n) is 2.45. The van der Waals surface area contributed by atoms with Gasteiger partial charge in [0.15, 0.2) is 6.61 Å². The normalized spacial score (nSPS) is 10.2. The fourth-order valence-corrected chi connectivity index (χ4v) is 2.45. The van der Waals surface area contributed by atoms with Gasteiger partial charge in [-0.15, -0.1) is 0 Å². The van der Waals surface area contributed by atoms with E-state index in [2.05, 4.69) is 12.2 Å². The van der Waals surface area contributed by atoms with Gasteiger partial charge in [0.1, 0.15) is 5.75 Å². The molecule has 0 saturated carbocycles. The summed E-state index contributed by atoms with van der Waals surface area (Å²) >= 11 is 0. The number of likely N-dealkylation sites (N-methyl/N-ethyl adjacent to an activating group) is 1.